The number of carbonyl (C=O) groups excluding carboxylic acids is 3. The molecule has 3 aromatic rings. The van der Waals surface area contributed by atoms with Crippen LogP contribution >= 0.6 is 11.6 Å². The molecule has 0 heterocycles. The second kappa shape index (κ2) is 10.9. The highest BCUT2D eigenvalue weighted by atomic mass is 35.5. The third-order valence-corrected chi connectivity index (χ3v) is 4.55. The molecular formula is C25H21ClN2O4. The molecule has 32 heavy (non-hydrogen) atoms. The minimum absolute atomic E-state index is 0.265. The number of amides is 2. The first-order chi connectivity index (χ1) is 15.4. The molecule has 0 saturated heterocycles. The van der Waals surface area contributed by atoms with Crippen LogP contribution < -0.4 is 15.4 Å². The van der Waals surface area contributed by atoms with Crippen molar-refractivity contribution in [3.63, 3.8) is 0 Å². The predicted molar refractivity (Wildman–Crippen MR) is 124 cm³/mol. The van der Waals surface area contributed by atoms with Crippen molar-refractivity contribution in [2.24, 2.45) is 0 Å². The van der Waals surface area contributed by atoms with Crippen LogP contribution in [-0.2, 0) is 16.1 Å². The first-order valence-electron chi connectivity index (χ1n) is 9.79. The van der Waals surface area contributed by atoms with Crippen molar-refractivity contribution in [1.29, 1.82) is 0 Å². The SMILES string of the molecule is CC(=O)Oc1cccc(C(=O)NCc2cccc(NC(=O)/C=C/c3ccc(Cl)cc3)c2)c1. The molecule has 0 aliphatic heterocycles. The van der Waals surface area contributed by atoms with Crippen LogP contribution in [0.1, 0.15) is 28.4 Å². The summed E-state index contributed by atoms with van der Waals surface area (Å²) in [6.45, 7) is 1.56. The fourth-order valence-corrected chi connectivity index (χ4v) is 2.97. The quantitative estimate of drug-likeness (QED) is 0.307. The zero-order valence-electron chi connectivity index (χ0n) is 17.3. The van der Waals surface area contributed by atoms with Gasteiger partial charge in [0.2, 0.25) is 5.91 Å². The highest BCUT2D eigenvalue weighted by Crippen LogP contribution is 2.15. The standard InChI is InChI=1S/C25H21ClN2O4/c1-17(29)32-23-7-3-5-20(15-23)25(31)27-16-19-4-2-6-22(14-19)28-24(30)13-10-18-8-11-21(26)12-9-18/h2-15H,16H2,1H3,(H,27,31)(H,28,30)/b13-10+. The van der Waals surface area contributed by atoms with Gasteiger partial charge in [0, 0.05) is 35.8 Å². The summed E-state index contributed by atoms with van der Waals surface area (Å²) in [5.41, 5.74) is 2.66. The van der Waals surface area contributed by atoms with Crippen molar-refractivity contribution in [2.45, 2.75) is 13.5 Å². The van der Waals surface area contributed by atoms with Crippen molar-refractivity contribution in [3.8, 4) is 5.75 Å². The van der Waals surface area contributed by atoms with Gasteiger partial charge >= 0.3 is 5.97 Å². The van der Waals surface area contributed by atoms with Crippen LogP contribution in [0, 0.1) is 0 Å². The molecule has 162 valence electrons. The van der Waals surface area contributed by atoms with Crippen molar-refractivity contribution >= 4 is 41.1 Å². The molecule has 0 saturated carbocycles. The first-order valence-corrected chi connectivity index (χ1v) is 10.2. The minimum Gasteiger partial charge on any atom is -0.427 e. The molecule has 3 aromatic carbocycles. The number of carbonyl (C=O) groups is 3. The van der Waals surface area contributed by atoms with E-state index < -0.39 is 5.97 Å². The normalized spacial score (nSPS) is 10.6. The van der Waals surface area contributed by atoms with Crippen molar-refractivity contribution in [1.82, 2.24) is 5.32 Å². The highest BCUT2D eigenvalue weighted by Gasteiger charge is 2.08. The molecule has 0 aliphatic carbocycles. The number of hydrogen-bond donors (Lipinski definition) is 2. The van der Waals surface area contributed by atoms with Crippen LogP contribution in [0.15, 0.2) is 78.9 Å². The van der Waals surface area contributed by atoms with Gasteiger partial charge in [0.1, 0.15) is 5.75 Å². The molecule has 0 bridgehead atoms. The molecule has 2 amide bonds. The van der Waals surface area contributed by atoms with Crippen LogP contribution in [-0.4, -0.2) is 17.8 Å². The predicted octanol–water partition coefficient (Wildman–Crippen LogP) is 4.85. The number of ether oxygens (including phenoxy) is 1. The van der Waals surface area contributed by atoms with Crippen molar-refractivity contribution in [3.05, 3.63) is 101 Å². The van der Waals surface area contributed by atoms with E-state index in [1.165, 1.54) is 19.1 Å². The Morgan fingerprint density at radius 2 is 1.72 bits per heavy atom. The fraction of sp³-hybridized carbons (Fsp3) is 0.0800. The summed E-state index contributed by atoms with van der Waals surface area (Å²) in [7, 11) is 0. The maximum absolute atomic E-state index is 12.4. The molecule has 0 fully saturated rings. The molecule has 3 rings (SSSR count). The maximum Gasteiger partial charge on any atom is 0.308 e. The summed E-state index contributed by atoms with van der Waals surface area (Å²) >= 11 is 5.85. The Balaban J connectivity index is 1.56. The molecule has 2 N–H and O–H groups in total. The van der Waals surface area contributed by atoms with Gasteiger partial charge in [0.05, 0.1) is 0 Å². The molecular weight excluding hydrogens is 428 g/mol. The van der Waals surface area contributed by atoms with Crippen molar-refractivity contribution in [2.75, 3.05) is 5.32 Å². The molecule has 0 aromatic heterocycles. The summed E-state index contributed by atoms with van der Waals surface area (Å²) in [4.78, 5) is 35.7. The second-order valence-electron chi connectivity index (χ2n) is 6.88. The number of anilines is 1. The smallest absolute Gasteiger partial charge is 0.308 e. The zero-order chi connectivity index (χ0) is 22.9. The monoisotopic (exact) mass is 448 g/mol. The Labute approximate surface area is 190 Å². The molecule has 0 aliphatic rings. The Morgan fingerprint density at radius 3 is 2.47 bits per heavy atom. The maximum atomic E-state index is 12.4. The third-order valence-electron chi connectivity index (χ3n) is 4.30. The average molecular weight is 449 g/mol. The minimum atomic E-state index is -0.454. The van der Waals surface area contributed by atoms with E-state index in [4.69, 9.17) is 16.3 Å². The van der Waals surface area contributed by atoms with Gasteiger partial charge in [0.25, 0.3) is 5.91 Å². The number of rotatable bonds is 7. The van der Waals surface area contributed by atoms with Crippen LogP contribution in [0.4, 0.5) is 5.69 Å². The van der Waals surface area contributed by atoms with Gasteiger partial charge in [-0.2, -0.15) is 0 Å². The summed E-state index contributed by atoms with van der Waals surface area (Å²) in [5.74, 6) is -0.728. The number of nitrogens with one attached hydrogen (secondary N) is 2. The Hall–Kier alpha value is -3.90. The molecule has 7 heteroatoms. The first kappa shape index (κ1) is 22.8. The van der Waals surface area contributed by atoms with E-state index in [1.54, 1.807) is 54.6 Å². The van der Waals surface area contributed by atoms with Gasteiger partial charge in [-0.25, -0.2) is 0 Å². The van der Waals surface area contributed by atoms with Gasteiger partial charge in [-0.3, -0.25) is 14.4 Å². The van der Waals surface area contributed by atoms with Gasteiger partial charge < -0.3 is 15.4 Å². The fourth-order valence-electron chi connectivity index (χ4n) is 2.84. The average Bonchev–Trinajstić information content (AvgIpc) is 2.77. The summed E-state index contributed by atoms with van der Waals surface area (Å²) < 4.78 is 5.00. The van der Waals surface area contributed by atoms with Crippen molar-refractivity contribution < 1.29 is 19.1 Å². The number of hydrogen-bond acceptors (Lipinski definition) is 4. The lowest BCUT2D eigenvalue weighted by molar-refractivity contribution is -0.131. The molecule has 6 nitrogen and oxygen atoms in total. The lowest BCUT2D eigenvalue weighted by Gasteiger charge is -2.09. The van der Waals surface area contributed by atoms with E-state index in [-0.39, 0.29) is 18.4 Å². The summed E-state index contributed by atoms with van der Waals surface area (Å²) in [6, 6.07) is 20.7. The molecule has 0 spiro atoms. The van der Waals surface area contributed by atoms with Gasteiger partial charge in [-0.15, -0.1) is 0 Å². The van der Waals surface area contributed by atoms with Gasteiger partial charge in [-0.1, -0.05) is 41.9 Å². The number of benzene rings is 3. The van der Waals surface area contributed by atoms with E-state index in [9.17, 15) is 14.4 Å². The van der Waals surface area contributed by atoms with Crippen LogP contribution in [0.5, 0.6) is 5.75 Å². The van der Waals surface area contributed by atoms with Gasteiger partial charge in [0.15, 0.2) is 0 Å². The second-order valence-corrected chi connectivity index (χ2v) is 7.32. The Morgan fingerprint density at radius 1 is 0.969 bits per heavy atom. The lowest BCUT2D eigenvalue weighted by atomic mass is 10.1. The summed E-state index contributed by atoms with van der Waals surface area (Å²) in [6.07, 6.45) is 3.13. The topological polar surface area (TPSA) is 84.5 Å². The van der Waals surface area contributed by atoms with E-state index >= 15 is 0 Å². The molecule has 0 radical (unpaired) electrons. The van der Waals surface area contributed by atoms with E-state index in [2.05, 4.69) is 10.6 Å². The largest absolute Gasteiger partial charge is 0.427 e. The Bertz CT molecular complexity index is 1160. The highest BCUT2D eigenvalue weighted by molar-refractivity contribution is 6.30. The molecule has 0 atom stereocenters. The van der Waals surface area contributed by atoms with Crippen LogP contribution in [0.3, 0.4) is 0 Å². The third kappa shape index (κ3) is 7.11. The van der Waals surface area contributed by atoms with Crippen LogP contribution in [0.25, 0.3) is 6.08 Å². The lowest BCUT2D eigenvalue weighted by Crippen LogP contribution is -2.23. The zero-order valence-corrected chi connectivity index (χ0v) is 18.1. The van der Waals surface area contributed by atoms with E-state index in [1.807, 2.05) is 18.2 Å². The van der Waals surface area contributed by atoms with Crippen LogP contribution in [0.2, 0.25) is 5.02 Å². The Kier molecular flexibility index (Phi) is 7.78. The number of halogens is 1. The number of esters is 1. The summed E-state index contributed by atoms with van der Waals surface area (Å²) in [5, 5.41) is 6.24. The van der Waals surface area contributed by atoms with Gasteiger partial charge in [-0.05, 0) is 59.7 Å². The molecule has 0 unspecified atom stereocenters. The van der Waals surface area contributed by atoms with E-state index in [0.717, 1.165) is 11.1 Å². The van der Waals surface area contributed by atoms with E-state index in [0.29, 0.717) is 22.0 Å².